The van der Waals surface area contributed by atoms with E-state index in [1.165, 1.54) is 0 Å². The Morgan fingerprint density at radius 3 is 2.71 bits per heavy atom. The maximum atomic E-state index is 16.8. The molecule has 42 heavy (non-hydrogen) atoms. The Hall–Kier alpha value is -2.74. The monoisotopic (exact) mass is 625 g/mol. The van der Waals surface area contributed by atoms with Gasteiger partial charge in [-0.15, -0.1) is 0 Å². The smallest absolute Gasteiger partial charge is 0.215 e. The van der Waals surface area contributed by atoms with E-state index in [9.17, 15) is 13.7 Å². The topological polar surface area (TPSA) is 99.8 Å². The van der Waals surface area contributed by atoms with Gasteiger partial charge in [-0.25, -0.2) is 22.5 Å². The van der Waals surface area contributed by atoms with E-state index < -0.39 is 21.9 Å². The summed E-state index contributed by atoms with van der Waals surface area (Å²) in [5.74, 6) is -0.117. The third kappa shape index (κ3) is 4.34. The van der Waals surface area contributed by atoms with Crippen LogP contribution in [0.1, 0.15) is 61.6 Å². The lowest BCUT2D eigenvalue weighted by molar-refractivity contribution is 0.219. The van der Waals surface area contributed by atoms with Gasteiger partial charge in [-0.2, -0.15) is 5.26 Å². The van der Waals surface area contributed by atoms with Crippen molar-refractivity contribution in [1.82, 2.24) is 19.6 Å². The number of nitrogens with zero attached hydrogens (tertiary/aromatic N) is 3. The van der Waals surface area contributed by atoms with Crippen molar-refractivity contribution >= 4 is 55.0 Å². The van der Waals surface area contributed by atoms with Gasteiger partial charge in [0.25, 0.3) is 0 Å². The lowest BCUT2D eigenvalue weighted by Gasteiger charge is -2.38. The van der Waals surface area contributed by atoms with Crippen molar-refractivity contribution in [2.24, 2.45) is 5.92 Å². The summed E-state index contributed by atoms with van der Waals surface area (Å²) in [6.07, 6.45) is 2.92. The normalized spacial score (nSPS) is 22.4. The Bertz CT molecular complexity index is 1920. The van der Waals surface area contributed by atoms with E-state index in [1.807, 2.05) is 26.0 Å². The molecule has 4 aliphatic rings. The summed E-state index contributed by atoms with van der Waals surface area (Å²) in [4.78, 5) is 4.76. The second-order valence-corrected chi connectivity index (χ2v) is 14.6. The van der Waals surface area contributed by atoms with E-state index in [1.54, 1.807) is 18.2 Å². The van der Waals surface area contributed by atoms with E-state index in [-0.39, 0.29) is 34.3 Å². The molecule has 8 rings (SSSR count). The van der Waals surface area contributed by atoms with Crippen LogP contribution in [0.5, 0.6) is 0 Å². The molecule has 2 aliphatic heterocycles. The van der Waals surface area contributed by atoms with Crippen molar-refractivity contribution in [1.29, 1.82) is 5.26 Å². The molecule has 2 saturated heterocycles. The molecule has 7 nitrogen and oxygen atoms in total. The van der Waals surface area contributed by atoms with Gasteiger partial charge in [0.15, 0.2) is 5.82 Å². The lowest BCUT2D eigenvalue weighted by atomic mass is 9.79. The molecule has 4 aromatic rings. The minimum absolute atomic E-state index is 0.114. The summed E-state index contributed by atoms with van der Waals surface area (Å²) in [6.45, 7) is 4.62. The first-order valence-electron chi connectivity index (χ1n) is 14.3. The highest BCUT2D eigenvalue weighted by atomic mass is 35.5. The second kappa shape index (κ2) is 10.2. The van der Waals surface area contributed by atoms with Gasteiger partial charge in [0.2, 0.25) is 10.0 Å². The first kappa shape index (κ1) is 28.1. The molecule has 2 N–H and O–H groups in total. The van der Waals surface area contributed by atoms with Gasteiger partial charge in [0.1, 0.15) is 5.52 Å². The Balaban J connectivity index is 1.51. The highest BCUT2D eigenvalue weighted by molar-refractivity contribution is 7.90. The van der Waals surface area contributed by atoms with Crippen LogP contribution in [0.3, 0.4) is 0 Å². The number of sulfonamides is 1. The SMILES string of the molecule is Cc1nc2c(F)c(-c3cccc(Cl)c3Cl)c(CCC#N)cc2c2c1cc([C@@H](C)NS(=O)(=O)C1CC1)n2[C@H]1[C@H]2CN[C@@H]1C2. The summed E-state index contributed by atoms with van der Waals surface area (Å²) in [7, 11) is -3.44. The Labute approximate surface area is 254 Å². The molecule has 0 unspecified atom stereocenters. The molecule has 0 spiro atoms. The zero-order chi connectivity index (χ0) is 29.5. The van der Waals surface area contributed by atoms with E-state index in [0.29, 0.717) is 58.0 Å². The number of hydrogen-bond donors (Lipinski definition) is 2. The van der Waals surface area contributed by atoms with Gasteiger partial charge in [0, 0.05) is 52.3 Å². The van der Waals surface area contributed by atoms with Crippen molar-refractivity contribution in [2.45, 2.75) is 69.3 Å². The van der Waals surface area contributed by atoms with Crippen LogP contribution in [-0.2, 0) is 16.4 Å². The maximum Gasteiger partial charge on any atom is 0.215 e. The molecule has 4 heterocycles. The zero-order valence-corrected chi connectivity index (χ0v) is 25.5. The van der Waals surface area contributed by atoms with E-state index in [0.717, 1.165) is 29.6 Å². The predicted molar refractivity (Wildman–Crippen MR) is 164 cm³/mol. The molecule has 4 atom stereocenters. The van der Waals surface area contributed by atoms with Crippen LogP contribution in [0.15, 0.2) is 30.3 Å². The van der Waals surface area contributed by atoms with E-state index >= 15 is 4.39 Å². The highest BCUT2D eigenvalue weighted by Crippen LogP contribution is 2.49. The molecule has 2 aliphatic carbocycles. The number of aryl methyl sites for hydroxylation is 2. The minimum atomic E-state index is -3.44. The van der Waals surface area contributed by atoms with Crippen LogP contribution in [-0.4, -0.2) is 35.8 Å². The molecule has 0 radical (unpaired) electrons. The van der Waals surface area contributed by atoms with Gasteiger partial charge in [-0.05, 0) is 69.2 Å². The molecular formula is C31H30Cl2FN5O2S. The van der Waals surface area contributed by atoms with Crippen molar-refractivity contribution in [3.05, 3.63) is 63.1 Å². The van der Waals surface area contributed by atoms with Crippen molar-refractivity contribution < 1.29 is 12.8 Å². The van der Waals surface area contributed by atoms with Crippen LogP contribution >= 0.6 is 23.2 Å². The lowest BCUT2D eigenvalue weighted by Crippen LogP contribution is -2.40. The van der Waals surface area contributed by atoms with Crippen LogP contribution in [0.25, 0.3) is 32.9 Å². The summed E-state index contributed by atoms with van der Waals surface area (Å²) in [6, 6.07) is 11.1. The Morgan fingerprint density at radius 2 is 2.05 bits per heavy atom. The second-order valence-electron chi connectivity index (χ2n) is 11.9. The summed E-state index contributed by atoms with van der Waals surface area (Å²) < 4.78 is 47.8. The van der Waals surface area contributed by atoms with Crippen LogP contribution in [0.4, 0.5) is 4.39 Å². The number of nitriles is 1. The molecule has 11 heteroatoms. The maximum absolute atomic E-state index is 16.8. The number of fused-ring (bicyclic) bond motifs is 4. The summed E-state index contributed by atoms with van der Waals surface area (Å²) in [5, 5.41) is 14.7. The van der Waals surface area contributed by atoms with Crippen LogP contribution in [0.2, 0.25) is 10.0 Å². The molecule has 2 bridgehead atoms. The van der Waals surface area contributed by atoms with E-state index in [4.69, 9.17) is 28.2 Å². The fraction of sp³-hybridized carbons (Fsp3) is 0.419. The highest BCUT2D eigenvalue weighted by Gasteiger charge is 2.49. The van der Waals surface area contributed by atoms with Crippen molar-refractivity contribution in [3.63, 3.8) is 0 Å². The number of pyridine rings is 1. The third-order valence-corrected chi connectivity index (χ3v) is 12.0. The third-order valence-electron chi connectivity index (χ3n) is 9.18. The molecule has 2 aromatic heterocycles. The summed E-state index contributed by atoms with van der Waals surface area (Å²) >= 11 is 12.9. The van der Waals surface area contributed by atoms with E-state index in [2.05, 4.69) is 20.7 Å². The van der Waals surface area contributed by atoms with Crippen molar-refractivity contribution in [3.8, 4) is 17.2 Å². The summed E-state index contributed by atoms with van der Waals surface area (Å²) in [5.41, 5.74) is 3.95. The van der Waals surface area contributed by atoms with Gasteiger partial charge >= 0.3 is 0 Å². The molecule has 2 aromatic carbocycles. The van der Waals surface area contributed by atoms with Gasteiger partial charge in [0.05, 0.1) is 39.0 Å². The predicted octanol–water partition coefficient (Wildman–Crippen LogP) is 6.74. The van der Waals surface area contributed by atoms with Crippen LogP contribution in [0, 0.1) is 30.0 Å². The van der Waals surface area contributed by atoms with Crippen molar-refractivity contribution in [2.75, 3.05) is 6.54 Å². The first-order valence-corrected chi connectivity index (χ1v) is 16.6. The number of rotatable bonds is 8. The fourth-order valence-corrected chi connectivity index (χ4v) is 8.91. The average molecular weight is 627 g/mol. The Kier molecular flexibility index (Phi) is 6.80. The largest absolute Gasteiger partial charge is 0.337 e. The molecule has 4 fully saturated rings. The van der Waals surface area contributed by atoms with Crippen LogP contribution < -0.4 is 10.0 Å². The number of benzene rings is 2. The first-order chi connectivity index (χ1) is 20.1. The Morgan fingerprint density at radius 1 is 1.26 bits per heavy atom. The van der Waals surface area contributed by atoms with Gasteiger partial charge < -0.3 is 9.88 Å². The zero-order valence-electron chi connectivity index (χ0n) is 23.2. The quantitative estimate of drug-likeness (QED) is 0.226. The number of hydrogen-bond acceptors (Lipinski definition) is 5. The standard InChI is InChI=1S/C31H30Cl2FN5O2S/c1-15-21-13-25(16(2)38-42(40,41)19-8-9-19)39(30-18-12-24(30)36-14-18)31(21)22-11-17(5-4-10-35)26(28(34)29(22)37-15)20-6-3-7-23(32)27(20)33/h3,6-7,11,13,16,18-19,24,30,36,38H,4-5,8-9,12,14H2,1-2H3/t16-,18-,24-,30+/m1/s1. The minimum Gasteiger partial charge on any atom is -0.337 e. The number of halogens is 3. The fourth-order valence-electron chi connectivity index (χ4n) is 6.96. The molecule has 218 valence electrons. The van der Waals surface area contributed by atoms with Gasteiger partial charge in [-0.1, -0.05) is 35.3 Å². The number of nitrogens with one attached hydrogen (secondary N) is 2. The molecule has 2 saturated carbocycles. The number of aromatic nitrogens is 2. The molecule has 0 amide bonds. The van der Waals surface area contributed by atoms with Gasteiger partial charge in [-0.3, -0.25) is 0 Å². The molecular weight excluding hydrogens is 596 g/mol. The average Bonchev–Trinajstić information content (AvgIpc) is 3.39.